The number of aromatic nitrogens is 1. The Kier molecular flexibility index (Phi) is 9.65. The van der Waals surface area contributed by atoms with Crippen LogP contribution >= 0.6 is 0 Å². The molecule has 4 aliphatic rings. The average molecular weight is 732 g/mol. The number of amides is 4. The van der Waals surface area contributed by atoms with Gasteiger partial charge in [0.15, 0.2) is 0 Å². The van der Waals surface area contributed by atoms with Crippen LogP contribution in [0.1, 0.15) is 59.3 Å². The summed E-state index contributed by atoms with van der Waals surface area (Å²) in [5, 5.41) is 15.5. The van der Waals surface area contributed by atoms with Crippen LogP contribution in [0.2, 0.25) is 0 Å². The number of methoxy groups -OCH3 is 1. The van der Waals surface area contributed by atoms with E-state index in [0.29, 0.717) is 31.1 Å². The van der Waals surface area contributed by atoms with Gasteiger partial charge in [0.2, 0.25) is 27.7 Å². The molecule has 17 heteroatoms. The fraction of sp³-hybridized carbons (Fsp3) is 0.559. The number of sulfonamides is 1. The first-order chi connectivity index (χ1) is 24.1. The molecule has 1 aromatic carbocycles. The van der Waals surface area contributed by atoms with Crippen LogP contribution in [-0.4, -0.2) is 102 Å². The van der Waals surface area contributed by atoms with Crippen LogP contribution in [0, 0.1) is 11.7 Å². The lowest BCUT2D eigenvalue weighted by molar-refractivity contribution is -0.144. The molecule has 1 saturated heterocycles. The number of benzene rings is 1. The quantitative estimate of drug-likeness (QED) is 0.305. The van der Waals surface area contributed by atoms with Crippen molar-refractivity contribution in [3.05, 3.63) is 42.4 Å². The van der Waals surface area contributed by atoms with E-state index in [9.17, 15) is 37.1 Å². The Morgan fingerprint density at radius 1 is 1.20 bits per heavy atom. The van der Waals surface area contributed by atoms with Crippen molar-refractivity contribution in [2.24, 2.45) is 5.92 Å². The molecule has 7 atom stereocenters. The first-order valence-corrected chi connectivity index (χ1v) is 18.4. The maximum absolute atomic E-state index is 14.6. The Hall–Kier alpha value is -4.51. The van der Waals surface area contributed by atoms with Crippen molar-refractivity contribution in [1.29, 1.82) is 0 Å². The van der Waals surface area contributed by atoms with Gasteiger partial charge in [0.25, 0.3) is 5.91 Å². The average Bonchev–Trinajstić information content (AvgIpc) is 3.95. The SMILES string of the molecule is COc1cc(F)cc2c(O[C@@H]3C[C@H]4C(=O)N[C@]5(C(=O)NS(=O)(=O)C6(C)CC6)C[C@H]5/C=C\CC[C@@H](C)O[C@@H](C)[C@H](NC(=O)O)C(=O)N4C3)nccc12. The zero-order chi connectivity index (χ0) is 36.9. The summed E-state index contributed by atoms with van der Waals surface area (Å²) < 4.78 is 59.4. The van der Waals surface area contributed by atoms with Gasteiger partial charge in [-0.2, -0.15) is 0 Å². The summed E-state index contributed by atoms with van der Waals surface area (Å²) >= 11 is 0. The molecule has 3 fully saturated rings. The van der Waals surface area contributed by atoms with E-state index in [1.165, 1.54) is 25.4 Å². The number of pyridine rings is 1. The van der Waals surface area contributed by atoms with Crippen LogP contribution in [0.25, 0.3) is 10.8 Å². The number of carbonyl (C=O) groups excluding carboxylic acids is 3. The van der Waals surface area contributed by atoms with Crippen LogP contribution in [0.5, 0.6) is 11.6 Å². The van der Waals surface area contributed by atoms with Gasteiger partial charge >= 0.3 is 6.09 Å². The number of hydrogen-bond donors (Lipinski definition) is 4. The number of fused-ring (bicyclic) bond motifs is 3. The van der Waals surface area contributed by atoms with Crippen LogP contribution in [0.3, 0.4) is 0 Å². The third-order valence-electron chi connectivity index (χ3n) is 10.3. The molecular formula is C34H42FN5O10S. The zero-order valence-corrected chi connectivity index (χ0v) is 29.5. The highest BCUT2D eigenvalue weighted by Gasteiger charge is 2.63. The maximum Gasteiger partial charge on any atom is 0.405 e. The maximum atomic E-state index is 14.6. The molecule has 276 valence electrons. The van der Waals surface area contributed by atoms with Gasteiger partial charge in [-0.1, -0.05) is 12.2 Å². The summed E-state index contributed by atoms with van der Waals surface area (Å²) in [6.45, 7) is 4.67. The highest BCUT2D eigenvalue weighted by atomic mass is 32.2. The summed E-state index contributed by atoms with van der Waals surface area (Å²) in [4.78, 5) is 59.5. The van der Waals surface area contributed by atoms with Gasteiger partial charge in [-0.05, 0) is 65.0 Å². The number of nitrogens with one attached hydrogen (secondary N) is 3. The Morgan fingerprint density at radius 2 is 1.94 bits per heavy atom. The molecule has 4 amide bonds. The highest BCUT2D eigenvalue weighted by molar-refractivity contribution is 7.91. The molecule has 2 saturated carbocycles. The standard InChI is InChI=1S/C34H42FN5O10S/c1-18-7-5-6-8-20-16-34(20,31(43)39-51(46,47)33(3)10-11-33)38-28(41)25-15-22(17-40(25)30(42)27(19(2)49-18)37-32(44)45)50-29-24-13-21(35)14-26(48-4)23(24)9-12-36-29/h6,8-9,12-14,18-20,22,25,27,37H,5,7,10-11,15-17H2,1-4H3,(H,38,41)(H,39,43)(H,44,45)/b8-6-/t18-,19+,20-,22-,25+,27+,34-/m1/s1. The molecule has 1 aromatic heterocycles. The van der Waals surface area contributed by atoms with Gasteiger partial charge in [-0.25, -0.2) is 22.6 Å². The molecule has 2 aliphatic heterocycles. The number of allylic oxidation sites excluding steroid dienone is 1. The Balaban J connectivity index is 1.35. The van der Waals surface area contributed by atoms with E-state index in [-0.39, 0.29) is 36.4 Å². The normalized spacial score (nSPS) is 31.2. The lowest BCUT2D eigenvalue weighted by atomic mass is 10.1. The van der Waals surface area contributed by atoms with Crippen molar-refractivity contribution < 1.29 is 51.3 Å². The smallest absolute Gasteiger partial charge is 0.405 e. The van der Waals surface area contributed by atoms with Gasteiger partial charge in [-0.15, -0.1) is 0 Å². The summed E-state index contributed by atoms with van der Waals surface area (Å²) in [6.07, 6.45) is 3.08. The van der Waals surface area contributed by atoms with Crippen LogP contribution < -0.4 is 24.8 Å². The fourth-order valence-electron chi connectivity index (χ4n) is 6.85. The van der Waals surface area contributed by atoms with Crippen LogP contribution in [0.15, 0.2) is 36.5 Å². The molecule has 2 aliphatic carbocycles. The number of halogens is 1. The third-order valence-corrected chi connectivity index (χ3v) is 12.4. The second-order valence-corrected chi connectivity index (χ2v) is 16.2. The van der Waals surface area contributed by atoms with Crippen molar-refractivity contribution in [3.63, 3.8) is 0 Å². The first-order valence-electron chi connectivity index (χ1n) is 16.9. The highest BCUT2D eigenvalue weighted by Crippen LogP contribution is 2.47. The molecule has 6 rings (SSSR count). The van der Waals surface area contributed by atoms with Gasteiger partial charge in [0.05, 0.1) is 36.0 Å². The molecule has 2 aromatic rings. The van der Waals surface area contributed by atoms with E-state index >= 15 is 0 Å². The molecule has 0 bridgehead atoms. The fourth-order valence-corrected chi connectivity index (χ4v) is 8.16. The second-order valence-electron chi connectivity index (χ2n) is 14.0. The summed E-state index contributed by atoms with van der Waals surface area (Å²) in [5.41, 5.74) is -1.61. The van der Waals surface area contributed by atoms with E-state index < -0.39 is 86.3 Å². The van der Waals surface area contributed by atoms with E-state index in [1.54, 1.807) is 32.9 Å². The second kappa shape index (κ2) is 13.6. The molecule has 4 N–H and O–H groups in total. The monoisotopic (exact) mass is 731 g/mol. The van der Waals surface area contributed by atoms with E-state index in [1.807, 2.05) is 6.08 Å². The predicted octanol–water partition coefficient (Wildman–Crippen LogP) is 2.38. The lowest BCUT2D eigenvalue weighted by Crippen LogP contribution is -2.60. The van der Waals surface area contributed by atoms with Gasteiger partial charge in [0.1, 0.15) is 35.3 Å². The Morgan fingerprint density at radius 3 is 2.63 bits per heavy atom. The zero-order valence-electron chi connectivity index (χ0n) is 28.7. The number of rotatable bonds is 7. The molecule has 15 nitrogen and oxygen atoms in total. The number of carbonyl (C=O) groups is 4. The van der Waals surface area contributed by atoms with Crippen molar-refractivity contribution >= 4 is 44.6 Å². The molecule has 51 heavy (non-hydrogen) atoms. The minimum absolute atomic E-state index is 0.0126. The minimum Gasteiger partial charge on any atom is -0.496 e. The predicted molar refractivity (Wildman–Crippen MR) is 180 cm³/mol. The summed E-state index contributed by atoms with van der Waals surface area (Å²) in [5.74, 6) is -3.30. The van der Waals surface area contributed by atoms with E-state index in [0.717, 1.165) is 4.90 Å². The van der Waals surface area contributed by atoms with Gasteiger partial charge in [-0.3, -0.25) is 19.1 Å². The molecule has 0 unspecified atom stereocenters. The molecule has 0 spiro atoms. The minimum atomic E-state index is -4.04. The molecule has 3 heterocycles. The largest absolute Gasteiger partial charge is 0.496 e. The third kappa shape index (κ3) is 7.18. The van der Waals surface area contributed by atoms with Crippen molar-refractivity contribution in [2.75, 3.05) is 13.7 Å². The van der Waals surface area contributed by atoms with Crippen LogP contribution in [0.4, 0.5) is 9.18 Å². The lowest BCUT2D eigenvalue weighted by Gasteiger charge is -2.32. The van der Waals surface area contributed by atoms with E-state index in [4.69, 9.17) is 14.2 Å². The molecule has 0 radical (unpaired) electrons. The van der Waals surface area contributed by atoms with Crippen molar-refractivity contribution in [1.82, 2.24) is 25.2 Å². The van der Waals surface area contributed by atoms with Crippen LogP contribution in [-0.2, 0) is 29.1 Å². The Labute approximate surface area is 294 Å². The van der Waals surface area contributed by atoms with Gasteiger partial charge < -0.3 is 34.9 Å². The number of hydrogen-bond acceptors (Lipinski definition) is 10. The Bertz CT molecular complexity index is 1890. The number of nitrogens with zero attached hydrogens (tertiary/aromatic N) is 2. The van der Waals surface area contributed by atoms with Crippen molar-refractivity contribution in [2.45, 2.75) is 100.0 Å². The first kappa shape index (κ1) is 36.3. The molecular weight excluding hydrogens is 689 g/mol. The van der Waals surface area contributed by atoms with Gasteiger partial charge in [0, 0.05) is 30.0 Å². The number of ether oxygens (including phenoxy) is 3. The van der Waals surface area contributed by atoms with E-state index in [2.05, 4.69) is 20.3 Å². The summed E-state index contributed by atoms with van der Waals surface area (Å²) in [6, 6.07) is 1.34. The van der Waals surface area contributed by atoms with Crippen molar-refractivity contribution in [3.8, 4) is 11.6 Å². The topological polar surface area (TPSA) is 203 Å². The summed E-state index contributed by atoms with van der Waals surface area (Å²) in [7, 11) is -2.65. The number of carboxylic acid groups (broad SMARTS) is 1.